The van der Waals surface area contributed by atoms with Crippen LogP contribution in [-0.2, 0) is 12.0 Å². The van der Waals surface area contributed by atoms with Gasteiger partial charge in [0.1, 0.15) is 0 Å². The Bertz CT molecular complexity index is 569. The Kier molecular flexibility index (Phi) is 3.23. The highest BCUT2D eigenvalue weighted by Gasteiger charge is 2.19. The number of aromatic amines is 1. The van der Waals surface area contributed by atoms with Gasteiger partial charge in [-0.05, 0) is 19.1 Å². The number of rotatable bonds is 2. The van der Waals surface area contributed by atoms with E-state index >= 15 is 0 Å². The van der Waals surface area contributed by atoms with E-state index in [2.05, 4.69) is 35.3 Å². The Morgan fingerprint density at radius 3 is 2.71 bits per heavy atom. The van der Waals surface area contributed by atoms with E-state index in [1.165, 1.54) is 10.6 Å². The van der Waals surface area contributed by atoms with Gasteiger partial charge in [0.05, 0.1) is 11.6 Å². The minimum Gasteiger partial charge on any atom is -0.337 e. The summed E-state index contributed by atoms with van der Waals surface area (Å²) in [7, 11) is 0. The van der Waals surface area contributed by atoms with E-state index in [1.54, 1.807) is 11.3 Å². The van der Waals surface area contributed by atoms with Crippen molar-refractivity contribution in [3.8, 4) is 0 Å². The van der Waals surface area contributed by atoms with Crippen molar-refractivity contribution in [2.24, 2.45) is 0 Å². The monoisotopic (exact) mass is 267 g/mol. The van der Waals surface area contributed by atoms with Crippen molar-refractivity contribution in [2.45, 2.75) is 39.7 Å². The van der Waals surface area contributed by atoms with Crippen molar-refractivity contribution < 1.29 is 0 Å². The second-order valence-electron chi connectivity index (χ2n) is 5.16. The van der Waals surface area contributed by atoms with E-state index in [9.17, 15) is 0 Å². The molecule has 0 atom stereocenters. The Hall–Kier alpha value is -0.940. The van der Waals surface area contributed by atoms with Gasteiger partial charge in [-0.25, -0.2) is 4.98 Å². The molecule has 2 rings (SSSR count). The second kappa shape index (κ2) is 4.38. The molecule has 1 N–H and O–H groups in total. The smallest absolute Gasteiger partial charge is 0.177 e. The first-order chi connectivity index (χ1) is 7.88. The first kappa shape index (κ1) is 12.5. The van der Waals surface area contributed by atoms with Crippen molar-refractivity contribution in [1.29, 1.82) is 0 Å². The normalized spacial score (nSPS) is 12.0. The molecule has 5 heteroatoms. The third kappa shape index (κ3) is 2.66. The number of aryl methyl sites for hydroxylation is 1. The molecule has 2 aromatic rings. The molecular formula is C12H17N3S2. The van der Waals surface area contributed by atoms with E-state index in [0.717, 1.165) is 16.3 Å². The van der Waals surface area contributed by atoms with Crippen LogP contribution < -0.4 is 0 Å². The molecule has 0 unspecified atom stereocenters. The van der Waals surface area contributed by atoms with E-state index in [1.807, 2.05) is 19.3 Å². The Labute approximate surface area is 111 Å². The van der Waals surface area contributed by atoms with Gasteiger partial charge < -0.3 is 9.55 Å². The minimum absolute atomic E-state index is 0.0906. The largest absolute Gasteiger partial charge is 0.337 e. The van der Waals surface area contributed by atoms with Gasteiger partial charge in [-0.2, -0.15) is 0 Å². The lowest BCUT2D eigenvalue weighted by atomic mass is 9.92. The average Bonchev–Trinajstić information content (AvgIpc) is 2.74. The molecule has 0 aromatic carbocycles. The molecule has 0 aliphatic carbocycles. The number of imidazole rings is 1. The second-order valence-corrected chi connectivity index (χ2v) is 6.87. The zero-order valence-electron chi connectivity index (χ0n) is 10.6. The molecule has 0 radical (unpaired) electrons. The quantitative estimate of drug-likeness (QED) is 0.843. The lowest BCUT2D eigenvalue weighted by Crippen LogP contribution is -2.17. The highest BCUT2D eigenvalue weighted by atomic mass is 32.1. The minimum atomic E-state index is 0.0906. The summed E-state index contributed by atoms with van der Waals surface area (Å²) in [6.07, 6.45) is 3.94. The highest BCUT2D eigenvalue weighted by Crippen LogP contribution is 2.24. The van der Waals surface area contributed by atoms with Crippen molar-refractivity contribution in [2.75, 3.05) is 0 Å². The van der Waals surface area contributed by atoms with Crippen LogP contribution in [0.4, 0.5) is 0 Å². The van der Waals surface area contributed by atoms with Gasteiger partial charge in [0.25, 0.3) is 0 Å². The maximum absolute atomic E-state index is 5.34. The van der Waals surface area contributed by atoms with Crippen molar-refractivity contribution >= 4 is 23.6 Å². The van der Waals surface area contributed by atoms with Crippen molar-refractivity contribution in [1.82, 2.24) is 14.5 Å². The predicted octanol–water partition coefficient (Wildman–Crippen LogP) is 3.66. The van der Waals surface area contributed by atoms with Crippen LogP contribution in [0.1, 0.15) is 36.3 Å². The number of nitrogens with zero attached hydrogens (tertiary/aromatic N) is 2. The molecule has 0 spiro atoms. The fourth-order valence-electron chi connectivity index (χ4n) is 1.81. The lowest BCUT2D eigenvalue weighted by molar-refractivity contribution is 0.530. The van der Waals surface area contributed by atoms with Gasteiger partial charge in [-0.15, -0.1) is 11.3 Å². The van der Waals surface area contributed by atoms with Crippen LogP contribution in [0.25, 0.3) is 0 Å². The van der Waals surface area contributed by atoms with Gasteiger partial charge in [0, 0.05) is 28.4 Å². The van der Waals surface area contributed by atoms with Crippen LogP contribution in [0.3, 0.4) is 0 Å². The van der Waals surface area contributed by atoms with E-state index in [4.69, 9.17) is 12.2 Å². The molecule has 0 aliphatic rings. The summed E-state index contributed by atoms with van der Waals surface area (Å²) in [6, 6.07) is 0. The predicted molar refractivity (Wildman–Crippen MR) is 74.3 cm³/mol. The molecule has 0 bridgehead atoms. The first-order valence-corrected chi connectivity index (χ1v) is 6.80. The maximum atomic E-state index is 5.34. The third-order valence-corrected chi connectivity index (χ3v) is 3.86. The molecular weight excluding hydrogens is 250 g/mol. The van der Waals surface area contributed by atoms with Gasteiger partial charge >= 0.3 is 0 Å². The number of H-pyrrole nitrogens is 1. The summed E-state index contributed by atoms with van der Waals surface area (Å²) in [5.41, 5.74) is 1.32. The summed E-state index contributed by atoms with van der Waals surface area (Å²) in [5.74, 6) is 0. The highest BCUT2D eigenvalue weighted by molar-refractivity contribution is 7.71. The summed E-state index contributed by atoms with van der Waals surface area (Å²) in [6.45, 7) is 9.41. The molecule has 17 heavy (non-hydrogen) atoms. The Morgan fingerprint density at radius 2 is 2.18 bits per heavy atom. The maximum Gasteiger partial charge on any atom is 0.177 e. The third-order valence-electron chi connectivity index (χ3n) is 2.62. The zero-order valence-corrected chi connectivity index (χ0v) is 12.2. The Balaban J connectivity index is 2.39. The number of hydrogen-bond donors (Lipinski definition) is 1. The number of hydrogen-bond acceptors (Lipinski definition) is 3. The molecule has 2 aromatic heterocycles. The van der Waals surface area contributed by atoms with Gasteiger partial charge in [-0.3, -0.25) is 0 Å². The first-order valence-electron chi connectivity index (χ1n) is 5.58. The summed E-state index contributed by atoms with van der Waals surface area (Å²) in [5, 5.41) is 1.10. The number of aromatic nitrogens is 3. The molecule has 0 amide bonds. The molecule has 0 fully saturated rings. The summed E-state index contributed by atoms with van der Waals surface area (Å²) < 4.78 is 2.93. The van der Waals surface area contributed by atoms with Crippen LogP contribution in [-0.4, -0.2) is 14.5 Å². The van der Waals surface area contributed by atoms with E-state index < -0.39 is 0 Å². The number of thiazole rings is 1. The average molecular weight is 267 g/mol. The van der Waals surface area contributed by atoms with Gasteiger partial charge in [0.15, 0.2) is 4.77 Å². The fraction of sp³-hybridized carbons (Fsp3) is 0.500. The molecule has 3 nitrogen and oxygen atoms in total. The van der Waals surface area contributed by atoms with Crippen LogP contribution in [0.5, 0.6) is 0 Å². The molecule has 2 heterocycles. The van der Waals surface area contributed by atoms with Crippen LogP contribution in [0, 0.1) is 11.7 Å². The molecule has 0 aliphatic heterocycles. The summed E-state index contributed by atoms with van der Waals surface area (Å²) in [4.78, 5) is 8.65. The standard InChI is InChI=1S/C12H17N3S2/c1-8-13-5-9(17-8)7-15-10(12(2,3)4)6-14-11(15)16/h5-6H,7H2,1-4H3,(H,14,16). The van der Waals surface area contributed by atoms with Gasteiger partial charge in [-0.1, -0.05) is 20.8 Å². The van der Waals surface area contributed by atoms with Crippen LogP contribution >= 0.6 is 23.6 Å². The van der Waals surface area contributed by atoms with E-state index in [0.29, 0.717) is 0 Å². The topological polar surface area (TPSA) is 33.6 Å². The van der Waals surface area contributed by atoms with Crippen LogP contribution in [0.2, 0.25) is 0 Å². The fourth-order valence-corrected chi connectivity index (χ4v) is 2.81. The Morgan fingerprint density at radius 1 is 1.47 bits per heavy atom. The molecule has 0 saturated heterocycles. The van der Waals surface area contributed by atoms with Gasteiger partial charge in [0.2, 0.25) is 0 Å². The zero-order chi connectivity index (χ0) is 12.6. The van der Waals surface area contributed by atoms with Crippen molar-refractivity contribution in [3.05, 3.63) is 32.7 Å². The molecule has 0 saturated carbocycles. The van der Waals surface area contributed by atoms with Crippen LogP contribution in [0.15, 0.2) is 12.4 Å². The summed E-state index contributed by atoms with van der Waals surface area (Å²) >= 11 is 7.06. The number of nitrogens with one attached hydrogen (secondary N) is 1. The van der Waals surface area contributed by atoms with E-state index in [-0.39, 0.29) is 5.41 Å². The lowest BCUT2D eigenvalue weighted by Gasteiger charge is -2.20. The van der Waals surface area contributed by atoms with Crippen molar-refractivity contribution in [3.63, 3.8) is 0 Å². The SMILES string of the molecule is Cc1ncc(Cn2c(C(C)(C)C)c[nH]c2=S)s1. The molecule has 92 valence electrons.